The van der Waals surface area contributed by atoms with Crippen LogP contribution in [-0.4, -0.2) is 33.1 Å². The van der Waals surface area contributed by atoms with E-state index in [2.05, 4.69) is 34.9 Å². The van der Waals surface area contributed by atoms with Crippen LogP contribution in [0.4, 0.5) is 0 Å². The van der Waals surface area contributed by atoms with Gasteiger partial charge in [-0.15, -0.1) is 11.8 Å². The second-order valence-electron chi connectivity index (χ2n) is 5.82. The number of nitrogens with zero attached hydrogens (tertiary/aromatic N) is 3. The Morgan fingerprint density at radius 1 is 1.31 bits per heavy atom. The largest absolute Gasteiger partial charge is 0.464 e. The highest BCUT2D eigenvalue weighted by Crippen LogP contribution is 2.40. The van der Waals surface area contributed by atoms with E-state index in [0.29, 0.717) is 26.2 Å². The minimum atomic E-state index is -0.452. The number of ether oxygens (including phenoxy) is 1. The summed E-state index contributed by atoms with van der Waals surface area (Å²) in [5.41, 5.74) is 3.00. The molecule has 2 heterocycles. The number of hydrogen-bond acceptors (Lipinski definition) is 6. The number of thioether (sulfide) groups is 1. The molecule has 2 aromatic heterocycles. The number of carbonyl (C=O) groups is 1. The summed E-state index contributed by atoms with van der Waals surface area (Å²) in [6.45, 7) is 6.13. The van der Waals surface area contributed by atoms with Gasteiger partial charge in [0.05, 0.1) is 27.2 Å². The monoisotopic (exact) mass is 451 g/mol. The van der Waals surface area contributed by atoms with E-state index in [4.69, 9.17) is 9.72 Å². The van der Waals surface area contributed by atoms with E-state index in [0.717, 1.165) is 15.5 Å². The maximum atomic E-state index is 12.2. The van der Waals surface area contributed by atoms with Gasteiger partial charge < -0.3 is 4.74 Å². The summed E-state index contributed by atoms with van der Waals surface area (Å²) in [5, 5.41) is 5.54. The number of thiazole rings is 1. The van der Waals surface area contributed by atoms with E-state index in [-0.39, 0.29) is 0 Å². The third-order valence-corrected chi connectivity index (χ3v) is 6.71. The van der Waals surface area contributed by atoms with E-state index in [1.165, 1.54) is 18.4 Å². The van der Waals surface area contributed by atoms with Crippen molar-refractivity contribution in [2.45, 2.75) is 30.2 Å². The van der Waals surface area contributed by atoms with Crippen LogP contribution in [0, 0.1) is 6.92 Å². The smallest absolute Gasteiger partial charge is 0.358 e. The molecule has 26 heavy (non-hydrogen) atoms. The fourth-order valence-corrected chi connectivity index (χ4v) is 5.27. The normalized spacial score (nSPS) is 11.2. The van der Waals surface area contributed by atoms with E-state index in [1.54, 1.807) is 16.4 Å². The van der Waals surface area contributed by atoms with Crippen molar-refractivity contribution < 1.29 is 9.53 Å². The molecule has 136 valence electrons. The third kappa shape index (κ3) is 3.72. The highest BCUT2D eigenvalue weighted by molar-refractivity contribution is 9.10. The van der Waals surface area contributed by atoms with Crippen molar-refractivity contribution in [2.75, 3.05) is 7.11 Å². The molecule has 8 heteroatoms. The summed E-state index contributed by atoms with van der Waals surface area (Å²) in [5.74, 6) is -0.452. The van der Waals surface area contributed by atoms with Crippen molar-refractivity contribution in [3.05, 3.63) is 46.2 Å². The fraction of sp³-hybridized carbons (Fsp3) is 0.278. The molecule has 0 spiro atoms. The number of aryl methyl sites for hydroxylation is 1. The highest BCUT2D eigenvalue weighted by atomic mass is 79.9. The SMILES string of the molecule is COC(=O)c1c(Br)c(C)nn1-c1nc(-c2ccccc2)c(SC(C)C)s1. The van der Waals surface area contributed by atoms with Gasteiger partial charge in [0.25, 0.3) is 0 Å². The summed E-state index contributed by atoms with van der Waals surface area (Å²) >= 11 is 6.71. The Bertz CT molecular complexity index is 936. The Kier molecular flexibility index (Phi) is 5.84. The molecular formula is C18H18BrN3O2S2. The average molecular weight is 452 g/mol. The molecule has 0 unspecified atom stereocenters. The van der Waals surface area contributed by atoms with Gasteiger partial charge >= 0.3 is 5.97 Å². The number of benzene rings is 1. The van der Waals surface area contributed by atoms with Crippen molar-refractivity contribution in [3.63, 3.8) is 0 Å². The van der Waals surface area contributed by atoms with Gasteiger partial charge in [-0.1, -0.05) is 55.5 Å². The summed E-state index contributed by atoms with van der Waals surface area (Å²) in [7, 11) is 1.36. The molecule has 1 aromatic carbocycles. The van der Waals surface area contributed by atoms with Crippen LogP contribution in [0.1, 0.15) is 30.0 Å². The van der Waals surface area contributed by atoms with Crippen LogP contribution in [0.3, 0.4) is 0 Å². The minimum Gasteiger partial charge on any atom is -0.464 e. The highest BCUT2D eigenvalue weighted by Gasteiger charge is 2.25. The van der Waals surface area contributed by atoms with Crippen molar-refractivity contribution in [1.82, 2.24) is 14.8 Å². The average Bonchev–Trinajstić information content (AvgIpc) is 3.16. The molecule has 0 amide bonds. The number of aromatic nitrogens is 3. The summed E-state index contributed by atoms with van der Waals surface area (Å²) in [6.07, 6.45) is 0. The van der Waals surface area contributed by atoms with Gasteiger partial charge in [0.15, 0.2) is 5.69 Å². The lowest BCUT2D eigenvalue weighted by Crippen LogP contribution is -2.10. The molecule has 0 saturated heterocycles. The molecule has 0 fully saturated rings. The van der Waals surface area contributed by atoms with Crippen LogP contribution in [0.25, 0.3) is 16.4 Å². The van der Waals surface area contributed by atoms with Crippen LogP contribution in [-0.2, 0) is 4.74 Å². The van der Waals surface area contributed by atoms with Crippen molar-refractivity contribution in [2.24, 2.45) is 0 Å². The summed E-state index contributed by atoms with van der Waals surface area (Å²) in [6, 6.07) is 10.0. The number of methoxy groups -OCH3 is 1. The zero-order chi connectivity index (χ0) is 18.8. The van der Waals surface area contributed by atoms with Gasteiger partial charge in [0.2, 0.25) is 5.13 Å². The second-order valence-corrected chi connectivity index (χ2v) is 9.43. The molecule has 0 aliphatic heterocycles. The first-order chi connectivity index (χ1) is 12.4. The number of esters is 1. The molecule has 0 radical (unpaired) electrons. The first-order valence-corrected chi connectivity index (χ1v) is 10.5. The van der Waals surface area contributed by atoms with Crippen molar-refractivity contribution in [1.29, 1.82) is 0 Å². The van der Waals surface area contributed by atoms with Crippen LogP contribution in [0.5, 0.6) is 0 Å². The molecule has 0 bridgehead atoms. The lowest BCUT2D eigenvalue weighted by atomic mass is 10.2. The molecule has 3 aromatic rings. The van der Waals surface area contributed by atoms with Crippen LogP contribution < -0.4 is 0 Å². The third-order valence-electron chi connectivity index (χ3n) is 3.52. The molecule has 0 aliphatic rings. The fourth-order valence-electron chi connectivity index (χ4n) is 2.38. The molecule has 0 saturated carbocycles. The Morgan fingerprint density at radius 3 is 2.62 bits per heavy atom. The number of rotatable bonds is 5. The first kappa shape index (κ1) is 19.1. The Hall–Kier alpha value is -1.64. The first-order valence-electron chi connectivity index (χ1n) is 7.99. The van der Waals surface area contributed by atoms with E-state index < -0.39 is 5.97 Å². The lowest BCUT2D eigenvalue weighted by Gasteiger charge is -2.04. The quantitative estimate of drug-likeness (QED) is 0.386. The van der Waals surface area contributed by atoms with E-state index in [9.17, 15) is 4.79 Å². The Balaban J connectivity index is 2.17. The summed E-state index contributed by atoms with van der Waals surface area (Å²) < 4.78 is 8.21. The molecular weight excluding hydrogens is 434 g/mol. The lowest BCUT2D eigenvalue weighted by molar-refractivity contribution is 0.0589. The van der Waals surface area contributed by atoms with Crippen LogP contribution in [0.15, 0.2) is 39.0 Å². The molecule has 0 aliphatic carbocycles. The molecule has 0 N–H and O–H groups in total. The number of halogens is 1. The van der Waals surface area contributed by atoms with Gasteiger partial charge in [-0.3, -0.25) is 0 Å². The van der Waals surface area contributed by atoms with E-state index >= 15 is 0 Å². The maximum absolute atomic E-state index is 12.2. The van der Waals surface area contributed by atoms with Gasteiger partial charge in [-0.2, -0.15) is 9.78 Å². The van der Waals surface area contributed by atoms with Crippen molar-refractivity contribution >= 4 is 45.0 Å². The molecule has 5 nitrogen and oxygen atoms in total. The van der Waals surface area contributed by atoms with Gasteiger partial charge in [-0.25, -0.2) is 9.78 Å². The van der Waals surface area contributed by atoms with Crippen LogP contribution in [0.2, 0.25) is 0 Å². The predicted molar refractivity (Wildman–Crippen MR) is 109 cm³/mol. The van der Waals surface area contributed by atoms with Crippen molar-refractivity contribution in [3.8, 4) is 16.4 Å². The standard InChI is InChI=1S/C18H18BrN3O2S2/c1-10(2)25-17-14(12-8-6-5-7-9-12)20-18(26-17)22-15(16(23)24-4)13(19)11(3)21-22/h5-10H,1-4H3. The second kappa shape index (κ2) is 7.94. The predicted octanol–water partition coefficient (Wildman–Crippen LogP) is 5.35. The van der Waals surface area contributed by atoms with Gasteiger partial charge in [0.1, 0.15) is 0 Å². The van der Waals surface area contributed by atoms with Gasteiger partial charge in [-0.05, 0) is 22.9 Å². The van der Waals surface area contributed by atoms with Crippen LogP contribution >= 0.6 is 39.0 Å². The zero-order valence-electron chi connectivity index (χ0n) is 14.8. The molecule has 0 atom stereocenters. The van der Waals surface area contributed by atoms with E-state index in [1.807, 2.05) is 37.3 Å². The topological polar surface area (TPSA) is 57.0 Å². The number of carbonyl (C=O) groups excluding carboxylic acids is 1. The molecule has 3 rings (SSSR count). The Morgan fingerprint density at radius 2 is 2.00 bits per heavy atom. The zero-order valence-corrected chi connectivity index (χ0v) is 18.0. The minimum absolute atomic E-state index is 0.347. The maximum Gasteiger partial charge on any atom is 0.358 e. The Labute approximate surface area is 168 Å². The summed E-state index contributed by atoms with van der Waals surface area (Å²) in [4.78, 5) is 17.0. The van der Waals surface area contributed by atoms with Gasteiger partial charge in [0, 0.05) is 10.8 Å². The number of hydrogen-bond donors (Lipinski definition) is 0.